The zero-order chi connectivity index (χ0) is 23.5. The average molecular weight is 449 g/mol. The predicted octanol–water partition coefficient (Wildman–Crippen LogP) is 4.27. The first-order valence-electron chi connectivity index (χ1n) is 10.2. The van der Waals surface area contributed by atoms with Gasteiger partial charge in [0, 0.05) is 23.7 Å². The Hall–Kier alpha value is -4.27. The SMILES string of the molecule is COc1ccc2[nH]c3c([N+](=O)[O-])ccc(NCCc4ccc(OC)c(OC)c4)c3c(=O)c2c1. The molecule has 0 amide bonds. The Morgan fingerprint density at radius 2 is 1.76 bits per heavy atom. The van der Waals surface area contributed by atoms with Crippen LogP contribution in [-0.4, -0.2) is 37.8 Å². The van der Waals surface area contributed by atoms with Crippen molar-refractivity contribution >= 4 is 33.2 Å². The van der Waals surface area contributed by atoms with Crippen LogP contribution in [0.4, 0.5) is 11.4 Å². The number of nitro groups is 1. The van der Waals surface area contributed by atoms with Crippen LogP contribution >= 0.6 is 0 Å². The van der Waals surface area contributed by atoms with Crippen molar-refractivity contribution in [3.63, 3.8) is 0 Å². The number of ether oxygens (including phenoxy) is 3. The molecule has 4 aromatic rings. The van der Waals surface area contributed by atoms with E-state index in [1.165, 1.54) is 13.2 Å². The van der Waals surface area contributed by atoms with E-state index in [0.717, 1.165) is 5.56 Å². The maximum atomic E-state index is 13.4. The van der Waals surface area contributed by atoms with E-state index < -0.39 is 4.92 Å². The van der Waals surface area contributed by atoms with Gasteiger partial charge in [0.05, 0.1) is 37.2 Å². The molecule has 0 aliphatic rings. The lowest BCUT2D eigenvalue weighted by atomic mass is 10.1. The summed E-state index contributed by atoms with van der Waals surface area (Å²) in [6, 6.07) is 13.6. The van der Waals surface area contributed by atoms with E-state index in [-0.39, 0.29) is 22.0 Å². The molecule has 0 spiro atoms. The molecule has 1 heterocycles. The zero-order valence-corrected chi connectivity index (χ0v) is 18.4. The van der Waals surface area contributed by atoms with Gasteiger partial charge in [-0.05, 0) is 48.4 Å². The van der Waals surface area contributed by atoms with E-state index in [2.05, 4.69) is 10.3 Å². The number of methoxy groups -OCH3 is 3. The molecule has 33 heavy (non-hydrogen) atoms. The Balaban J connectivity index is 1.73. The molecule has 0 atom stereocenters. The van der Waals surface area contributed by atoms with Crippen molar-refractivity contribution in [2.24, 2.45) is 0 Å². The van der Waals surface area contributed by atoms with Gasteiger partial charge in [0.15, 0.2) is 16.9 Å². The smallest absolute Gasteiger partial charge is 0.293 e. The second kappa shape index (κ2) is 9.07. The molecule has 0 aliphatic carbocycles. The van der Waals surface area contributed by atoms with Crippen LogP contribution in [0.1, 0.15) is 5.56 Å². The number of nitrogens with zero attached hydrogens (tertiary/aromatic N) is 1. The normalized spacial score (nSPS) is 10.9. The van der Waals surface area contributed by atoms with Crippen molar-refractivity contribution in [1.82, 2.24) is 4.98 Å². The fourth-order valence-corrected chi connectivity index (χ4v) is 3.85. The number of nitro benzene ring substituents is 1. The molecule has 2 N–H and O–H groups in total. The van der Waals surface area contributed by atoms with Crippen LogP contribution in [0.15, 0.2) is 53.3 Å². The first-order chi connectivity index (χ1) is 16.0. The summed E-state index contributed by atoms with van der Waals surface area (Å²) in [5, 5.41) is 15.5. The molecule has 9 heteroatoms. The number of hydrogen-bond donors (Lipinski definition) is 2. The standard InChI is InChI=1S/C24H23N3O6/c1-31-15-5-6-17-16(13-15)24(28)22-18(7-8-19(27(29)30)23(22)26-17)25-11-10-14-4-9-20(32-2)21(12-14)33-3/h4-9,12-13,25H,10-11H2,1-3H3,(H,26,28). The third-order valence-electron chi connectivity index (χ3n) is 5.52. The van der Waals surface area contributed by atoms with E-state index in [0.29, 0.717) is 46.8 Å². The summed E-state index contributed by atoms with van der Waals surface area (Å²) in [6.07, 6.45) is 0.637. The van der Waals surface area contributed by atoms with Crippen LogP contribution in [0.3, 0.4) is 0 Å². The predicted molar refractivity (Wildman–Crippen MR) is 127 cm³/mol. The zero-order valence-electron chi connectivity index (χ0n) is 18.4. The molecule has 1 aromatic heterocycles. The summed E-state index contributed by atoms with van der Waals surface area (Å²) >= 11 is 0. The minimum absolute atomic E-state index is 0.162. The Labute approximate surface area is 189 Å². The quantitative estimate of drug-likeness (QED) is 0.234. The number of non-ortho nitro benzene ring substituents is 1. The number of benzene rings is 3. The Bertz CT molecular complexity index is 1410. The number of fused-ring (bicyclic) bond motifs is 2. The van der Waals surface area contributed by atoms with Gasteiger partial charge in [-0.15, -0.1) is 0 Å². The first-order valence-corrected chi connectivity index (χ1v) is 10.2. The van der Waals surface area contributed by atoms with Crippen molar-refractivity contribution < 1.29 is 19.1 Å². The summed E-state index contributed by atoms with van der Waals surface area (Å²) in [7, 11) is 4.67. The molecule has 4 rings (SSSR count). The molecule has 0 saturated carbocycles. The Morgan fingerprint density at radius 1 is 0.970 bits per heavy atom. The van der Waals surface area contributed by atoms with Gasteiger partial charge in [-0.25, -0.2) is 0 Å². The summed E-state index contributed by atoms with van der Waals surface area (Å²) < 4.78 is 15.8. The van der Waals surface area contributed by atoms with Crippen LogP contribution in [-0.2, 0) is 6.42 Å². The highest BCUT2D eigenvalue weighted by molar-refractivity contribution is 6.03. The lowest BCUT2D eigenvalue weighted by Crippen LogP contribution is -2.12. The number of nitrogens with one attached hydrogen (secondary N) is 2. The maximum absolute atomic E-state index is 13.4. The van der Waals surface area contributed by atoms with E-state index in [1.54, 1.807) is 38.5 Å². The highest BCUT2D eigenvalue weighted by atomic mass is 16.6. The Kier molecular flexibility index (Phi) is 6.03. The minimum Gasteiger partial charge on any atom is -0.497 e. The fourth-order valence-electron chi connectivity index (χ4n) is 3.85. The van der Waals surface area contributed by atoms with Gasteiger partial charge in [0.2, 0.25) is 0 Å². The van der Waals surface area contributed by atoms with Gasteiger partial charge in [0.1, 0.15) is 11.3 Å². The van der Waals surface area contributed by atoms with E-state index in [9.17, 15) is 14.9 Å². The number of aromatic amines is 1. The number of anilines is 1. The fraction of sp³-hybridized carbons (Fsp3) is 0.208. The largest absolute Gasteiger partial charge is 0.497 e. The van der Waals surface area contributed by atoms with Crippen LogP contribution in [0.2, 0.25) is 0 Å². The van der Waals surface area contributed by atoms with E-state index in [4.69, 9.17) is 14.2 Å². The van der Waals surface area contributed by atoms with Crippen LogP contribution in [0.5, 0.6) is 17.2 Å². The van der Waals surface area contributed by atoms with Gasteiger partial charge in [-0.3, -0.25) is 14.9 Å². The number of pyridine rings is 1. The molecule has 9 nitrogen and oxygen atoms in total. The van der Waals surface area contributed by atoms with Crippen molar-refractivity contribution in [3.05, 3.63) is 74.4 Å². The highest BCUT2D eigenvalue weighted by Gasteiger charge is 2.19. The second-order valence-corrected chi connectivity index (χ2v) is 7.37. The van der Waals surface area contributed by atoms with Gasteiger partial charge in [0.25, 0.3) is 5.69 Å². The topological polar surface area (TPSA) is 116 Å². The molecule has 0 fully saturated rings. The molecule has 0 saturated heterocycles. The van der Waals surface area contributed by atoms with Crippen molar-refractivity contribution in [2.75, 3.05) is 33.2 Å². The monoisotopic (exact) mass is 449 g/mol. The van der Waals surface area contributed by atoms with Crippen molar-refractivity contribution in [1.29, 1.82) is 0 Å². The third kappa shape index (κ3) is 4.12. The molecule has 0 bridgehead atoms. The second-order valence-electron chi connectivity index (χ2n) is 7.37. The number of aromatic nitrogens is 1. The number of rotatable bonds is 8. The third-order valence-corrected chi connectivity index (χ3v) is 5.52. The Morgan fingerprint density at radius 3 is 2.45 bits per heavy atom. The van der Waals surface area contributed by atoms with Gasteiger partial charge < -0.3 is 24.5 Å². The van der Waals surface area contributed by atoms with E-state index >= 15 is 0 Å². The molecule has 0 radical (unpaired) electrons. The molecule has 0 unspecified atom stereocenters. The molecule has 170 valence electrons. The van der Waals surface area contributed by atoms with Gasteiger partial charge in [-0.1, -0.05) is 6.07 Å². The van der Waals surface area contributed by atoms with Crippen molar-refractivity contribution in [3.8, 4) is 17.2 Å². The van der Waals surface area contributed by atoms with Gasteiger partial charge in [-0.2, -0.15) is 0 Å². The van der Waals surface area contributed by atoms with Crippen molar-refractivity contribution in [2.45, 2.75) is 6.42 Å². The summed E-state index contributed by atoms with van der Waals surface area (Å²) in [5.74, 6) is 1.80. The van der Waals surface area contributed by atoms with Crippen LogP contribution in [0.25, 0.3) is 21.8 Å². The molecule has 0 aliphatic heterocycles. The van der Waals surface area contributed by atoms with Crippen LogP contribution < -0.4 is 25.0 Å². The number of hydrogen-bond acceptors (Lipinski definition) is 7. The summed E-state index contributed by atoms with van der Waals surface area (Å²) in [5.41, 5.74) is 1.73. The molecular weight excluding hydrogens is 426 g/mol. The minimum atomic E-state index is -0.499. The van der Waals surface area contributed by atoms with E-state index in [1.807, 2.05) is 18.2 Å². The lowest BCUT2D eigenvalue weighted by molar-refractivity contribution is -0.383. The first kappa shape index (κ1) is 21.9. The van der Waals surface area contributed by atoms with Gasteiger partial charge >= 0.3 is 0 Å². The highest BCUT2D eigenvalue weighted by Crippen LogP contribution is 2.31. The molecular formula is C24H23N3O6. The summed E-state index contributed by atoms with van der Waals surface area (Å²) in [6.45, 7) is 0.498. The summed E-state index contributed by atoms with van der Waals surface area (Å²) in [4.78, 5) is 27.5. The maximum Gasteiger partial charge on any atom is 0.293 e. The molecule has 3 aromatic carbocycles. The van der Waals surface area contributed by atoms with Crippen LogP contribution in [0, 0.1) is 10.1 Å². The number of H-pyrrole nitrogens is 1. The lowest BCUT2D eigenvalue weighted by Gasteiger charge is -2.13. The average Bonchev–Trinajstić information content (AvgIpc) is 2.83.